The maximum Gasteiger partial charge on any atom is 0.187 e. The van der Waals surface area contributed by atoms with Crippen LogP contribution in [-0.4, -0.2) is 111 Å². The van der Waals surface area contributed by atoms with Gasteiger partial charge in [-0.2, -0.15) is 0 Å². The number of hydrogen-bond donors (Lipinski definition) is 7. The van der Waals surface area contributed by atoms with Crippen molar-refractivity contribution < 1.29 is 50.0 Å². The van der Waals surface area contributed by atoms with Gasteiger partial charge in [0.1, 0.15) is 18.3 Å². The lowest BCUT2D eigenvalue weighted by Crippen LogP contribution is -2.66. The van der Waals surface area contributed by atoms with Gasteiger partial charge in [0.05, 0.1) is 36.6 Å². The standard InChI is InChI=1S/C34H56O10/c1-17(19(3)15-35)7-8-18(2)25-27(39)28(40)30-33(25,5)12-10-24-32(4)11-9-20(13-21(32)22(36)14-34(24,30)41)44-31-29(42-6)26(38)23(37)16-43-31/h13,18-20,22-31,35-41H,1,7-12,14-16H2,2-6H3/t18-,19?,20+,22-,23-,24?,25+,26+,27-,28+,29-,30?,31+,32+,33-,34+/m1/s1. The van der Waals surface area contributed by atoms with Gasteiger partial charge in [0.25, 0.3) is 0 Å². The Bertz CT molecular complexity index is 1080. The zero-order chi connectivity index (χ0) is 32.4. The molecule has 0 aromatic rings. The first-order chi connectivity index (χ1) is 20.6. The van der Waals surface area contributed by atoms with Crippen LogP contribution in [0.15, 0.2) is 23.8 Å². The van der Waals surface area contributed by atoms with Crippen LogP contribution in [0.3, 0.4) is 0 Å². The van der Waals surface area contributed by atoms with Crippen molar-refractivity contribution in [2.45, 2.75) is 127 Å². The molecule has 5 aliphatic rings. The molecule has 0 aromatic heterocycles. The normalized spacial score (nSPS) is 50.2. The summed E-state index contributed by atoms with van der Waals surface area (Å²) in [5.41, 5.74) is -0.648. The van der Waals surface area contributed by atoms with Gasteiger partial charge in [0.15, 0.2) is 6.29 Å². The Kier molecular flexibility index (Phi) is 9.85. The second kappa shape index (κ2) is 12.6. The van der Waals surface area contributed by atoms with E-state index in [1.807, 2.05) is 13.0 Å². The van der Waals surface area contributed by atoms with Crippen molar-refractivity contribution in [2.24, 2.45) is 40.4 Å². The highest BCUT2D eigenvalue weighted by atomic mass is 16.7. The van der Waals surface area contributed by atoms with Crippen molar-refractivity contribution in [1.82, 2.24) is 0 Å². The van der Waals surface area contributed by atoms with Gasteiger partial charge in [0.2, 0.25) is 0 Å². The Hall–Kier alpha value is -0.920. The van der Waals surface area contributed by atoms with Crippen molar-refractivity contribution in [3.63, 3.8) is 0 Å². The molecule has 10 nitrogen and oxygen atoms in total. The average Bonchev–Trinajstić information content (AvgIpc) is 3.18. The summed E-state index contributed by atoms with van der Waals surface area (Å²) in [4.78, 5) is 0. The molecular weight excluding hydrogens is 568 g/mol. The van der Waals surface area contributed by atoms with E-state index in [1.54, 1.807) is 0 Å². The lowest BCUT2D eigenvalue weighted by molar-refractivity contribution is -0.285. The van der Waals surface area contributed by atoms with Crippen LogP contribution in [0.4, 0.5) is 0 Å². The Balaban J connectivity index is 1.37. The predicted octanol–water partition coefficient (Wildman–Crippen LogP) is 1.67. The van der Waals surface area contributed by atoms with Crippen molar-refractivity contribution in [3.8, 4) is 0 Å². The van der Waals surface area contributed by atoms with Crippen LogP contribution in [-0.2, 0) is 14.2 Å². The van der Waals surface area contributed by atoms with Gasteiger partial charge in [-0.15, -0.1) is 0 Å². The summed E-state index contributed by atoms with van der Waals surface area (Å²) in [6.45, 7) is 12.4. The summed E-state index contributed by atoms with van der Waals surface area (Å²) in [7, 11) is 1.43. The predicted molar refractivity (Wildman–Crippen MR) is 162 cm³/mol. The molecule has 4 fully saturated rings. The topological polar surface area (TPSA) is 169 Å². The number of aliphatic hydroxyl groups is 7. The zero-order valence-electron chi connectivity index (χ0n) is 27.0. The Morgan fingerprint density at radius 2 is 1.77 bits per heavy atom. The van der Waals surface area contributed by atoms with Crippen molar-refractivity contribution >= 4 is 0 Å². The third-order valence-electron chi connectivity index (χ3n) is 12.8. The molecule has 0 aromatic carbocycles. The minimum absolute atomic E-state index is 0.00378. The van der Waals surface area contributed by atoms with E-state index >= 15 is 0 Å². The van der Waals surface area contributed by atoms with Crippen LogP contribution in [0, 0.1) is 40.4 Å². The highest BCUT2D eigenvalue weighted by molar-refractivity contribution is 5.33. The maximum atomic E-state index is 12.6. The minimum atomic E-state index is -1.37. The van der Waals surface area contributed by atoms with Gasteiger partial charge in [-0.1, -0.05) is 45.9 Å². The van der Waals surface area contributed by atoms with Crippen LogP contribution >= 0.6 is 0 Å². The summed E-state index contributed by atoms with van der Waals surface area (Å²) < 4.78 is 17.2. The largest absolute Gasteiger partial charge is 0.396 e. The number of hydrogen-bond acceptors (Lipinski definition) is 10. The van der Waals surface area contributed by atoms with Gasteiger partial charge in [-0.25, -0.2) is 0 Å². The molecule has 0 radical (unpaired) electrons. The van der Waals surface area contributed by atoms with Crippen LogP contribution in [0.1, 0.15) is 72.6 Å². The summed E-state index contributed by atoms with van der Waals surface area (Å²) in [5.74, 6) is -0.983. The SMILES string of the molecule is C=C(CC[C@@H](C)[C@H]1[C@@H](O)[C@H](O)C2[C@]3(O)C[C@@H](O)C4=C[C@@H](O[C@@H]5OC[C@@H](O)[C@H](O)[C@H]5OC)CC[C@]4(C)C3CC[C@@]21C)C(C)CO. The first-order valence-corrected chi connectivity index (χ1v) is 16.6. The van der Waals surface area contributed by atoms with Crippen LogP contribution in [0.5, 0.6) is 0 Å². The molecule has 252 valence electrons. The first kappa shape index (κ1) is 34.4. The monoisotopic (exact) mass is 624 g/mol. The first-order valence-electron chi connectivity index (χ1n) is 16.6. The summed E-state index contributed by atoms with van der Waals surface area (Å²) in [6, 6.07) is 0. The van der Waals surface area contributed by atoms with Crippen LogP contribution in [0.2, 0.25) is 0 Å². The smallest absolute Gasteiger partial charge is 0.187 e. The number of aliphatic hydroxyl groups excluding tert-OH is 6. The Morgan fingerprint density at radius 1 is 1.07 bits per heavy atom. The lowest BCUT2D eigenvalue weighted by Gasteiger charge is -2.64. The Labute approximate surface area is 261 Å². The molecule has 1 aliphatic heterocycles. The van der Waals surface area contributed by atoms with Gasteiger partial charge >= 0.3 is 0 Å². The fraction of sp³-hybridized carbons (Fsp3) is 0.882. The van der Waals surface area contributed by atoms with Crippen LogP contribution < -0.4 is 0 Å². The van der Waals surface area contributed by atoms with Gasteiger partial charge in [-0.05, 0) is 78.6 Å². The molecular formula is C34H56O10. The lowest BCUT2D eigenvalue weighted by atomic mass is 9.43. The summed E-state index contributed by atoms with van der Waals surface area (Å²) >= 11 is 0. The molecule has 1 heterocycles. The van der Waals surface area contributed by atoms with Gasteiger partial charge in [-0.3, -0.25) is 0 Å². The maximum absolute atomic E-state index is 12.6. The second-order valence-corrected chi connectivity index (χ2v) is 15.3. The number of fused-ring (bicyclic) bond motifs is 5. The summed E-state index contributed by atoms with van der Waals surface area (Å²) in [5, 5.41) is 77.3. The average molecular weight is 625 g/mol. The molecule has 10 heteroatoms. The molecule has 5 rings (SSSR count). The van der Waals surface area contributed by atoms with Gasteiger partial charge < -0.3 is 50.0 Å². The molecule has 0 amide bonds. The number of ether oxygens (including phenoxy) is 3. The molecule has 3 unspecified atom stereocenters. The third-order valence-corrected chi connectivity index (χ3v) is 12.8. The fourth-order valence-corrected chi connectivity index (χ4v) is 10.4. The van der Waals surface area contributed by atoms with E-state index in [0.717, 1.165) is 30.4 Å². The number of methoxy groups -OCH3 is 1. The van der Waals surface area contributed by atoms with E-state index in [-0.39, 0.29) is 43.3 Å². The summed E-state index contributed by atoms with van der Waals surface area (Å²) in [6.07, 6.45) is -1.27. The molecule has 0 spiro atoms. The van der Waals surface area contributed by atoms with Gasteiger partial charge in [0, 0.05) is 26.1 Å². The molecule has 1 saturated heterocycles. The van der Waals surface area contributed by atoms with E-state index < -0.39 is 71.4 Å². The quantitative estimate of drug-likeness (QED) is 0.187. The molecule has 44 heavy (non-hydrogen) atoms. The van der Waals surface area contributed by atoms with E-state index in [0.29, 0.717) is 19.3 Å². The molecule has 7 N–H and O–H groups in total. The molecule has 16 atom stereocenters. The highest BCUT2D eigenvalue weighted by Gasteiger charge is 2.72. The second-order valence-electron chi connectivity index (χ2n) is 15.3. The zero-order valence-corrected chi connectivity index (χ0v) is 27.0. The Morgan fingerprint density at radius 3 is 2.43 bits per heavy atom. The van der Waals surface area contributed by atoms with Crippen molar-refractivity contribution in [1.29, 1.82) is 0 Å². The number of rotatable bonds is 9. The highest BCUT2D eigenvalue weighted by Crippen LogP contribution is 2.69. The third kappa shape index (κ3) is 5.45. The van der Waals surface area contributed by atoms with Crippen molar-refractivity contribution in [2.75, 3.05) is 20.3 Å². The van der Waals surface area contributed by atoms with E-state index in [2.05, 4.69) is 27.4 Å². The van der Waals surface area contributed by atoms with Crippen molar-refractivity contribution in [3.05, 3.63) is 23.8 Å². The molecule has 3 saturated carbocycles. The van der Waals surface area contributed by atoms with E-state index in [9.17, 15) is 35.7 Å². The minimum Gasteiger partial charge on any atom is -0.396 e. The van der Waals surface area contributed by atoms with E-state index in [4.69, 9.17) is 14.2 Å². The fourth-order valence-electron chi connectivity index (χ4n) is 10.4. The molecule has 4 aliphatic carbocycles. The van der Waals surface area contributed by atoms with E-state index in [1.165, 1.54) is 7.11 Å². The molecule has 0 bridgehead atoms. The van der Waals surface area contributed by atoms with Crippen LogP contribution in [0.25, 0.3) is 0 Å².